The van der Waals surface area contributed by atoms with Crippen LogP contribution >= 0.6 is 0 Å². The second-order valence-electron chi connectivity index (χ2n) is 1.71. The molecular weight excluding hydrogens is 104 g/mol. The quantitative estimate of drug-likeness (QED) is 0.381. The molecule has 0 aromatic heterocycles. The Balaban J connectivity index is 3.51. The van der Waals surface area contributed by atoms with Crippen molar-refractivity contribution in [1.29, 1.82) is 0 Å². The van der Waals surface area contributed by atoms with Gasteiger partial charge in [-0.05, 0) is 6.92 Å². The first-order valence-corrected chi connectivity index (χ1v) is 2.61. The van der Waals surface area contributed by atoms with E-state index in [1.165, 1.54) is 0 Å². The van der Waals surface area contributed by atoms with Gasteiger partial charge >= 0.3 is 0 Å². The van der Waals surface area contributed by atoms with E-state index in [4.69, 9.17) is 0 Å². The smallest absolute Gasteiger partial charge is 0.224 e. The van der Waals surface area contributed by atoms with Crippen molar-refractivity contribution in [3.63, 3.8) is 0 Å². The lowest BCUT2D eigenvalue weighted by Crippen LogP contribution is -2.35. The number of nitrogens with zero attached hydrogens (tertiary/aromatic N) is 2. The van der Waals surface area contributed by atoms with Gasteiger partial charge in [0.05, 0.1) is 0 Å². The molecule has 0 aliphatic carbocycles. The van der Waals surface area contributed by atoms with Crippen LogP contribution in [-0.4, -0.2) is 37.1 Å². The van der Waals surface area contributed by atoms with Crippen LogP contribution in [0.3, 0.4) is 0 Å². The zero-order valence-electron chi connectivity index (χ0n) is 5.59. The number of hydrogen-bond donors (Lipinski definition) is 0. The largest absolute Gasteiger partial charge is 0.279 e. The summed E-state index contributed by atoms with van der Waals surface area (Å²) >= 11 is 0. The van der Waals surface area contributed by atoms with Gasteiger partial charge in [0.25, 0.3) is 0 Å². The highest BCUT2D eigenvalue weighted by molar-refractivity contribution is 5.45. The molecule has 0 bridgehead atoms. The van der Waals surface area contributed by atoms with Gasteiger partial charge in [-0.15, -0.1) is 0 Å². The minimum absolute atomic E-state index is 0.733. The molecule has 0 spiro atoms. The molecule has 8 heavy (non-hydrogen) atoms. The minimum atomic E-state index is 0.733. The number of amides is 1. The molecule has 0 radical (unpaired) electrons. The summed E-state index contributed by atoms with van der Waals surface area (Å²) < 4.78 is 0. The Hall–Kier alpha value is -0.570. The van der Waals surface area contributed by atoms with E-state index in [9.17, 15) is 4.79 Å². The first kappa shape index (κ1) is 7.43. The topological polar surface area (TPSA) is 23.6 Å². The maximum atomic E-state index is 10.1. The van der Waals surface area contributed by atoms with Gasteiger partial charge in [0.2, 0.25) is 6.41 Å². The summed E-state index contributed by atoms with van der Waals surface area (Å²) in [6, 6.07) is 0. The second-order valence-corrected chi connectivity index (χ2v) is 1.71. The van der Waals surface area contributed by atoms with Crippen molar-refractivity contribution in [3.05, 3.63) is 0 Å². The van der Waals surface area contributed by atoms with Crippen LogP contribution in [0.4, 0.5) is 0 Å². The van der Waals surface area contributed by atoms with Crippen LogP contribution in [0, 0.1) is 0 Å². The number of hydrogen-bond acceptors (Lipinski definition) is 2. The zero-order chi connectivity index (χ0) is 6.57. The van der Waals surface area contributed by atoms with Crippen molar-refractivity contribution in [2.45, 2.75) is 6.92 Å². The van der Waals surface area contributed by atoms with Gasteiger partial charge in [-0.1, -0.05) is 0 Å². The third-order valence-electron chi connectivity index (χ3n) is 0.959. The molecule has 0 unspecified atom stereocenters. The van der Waals surface area contributed by atoms with Crippen LogP contribution in [-0.2, 0) is 4.79 Å². The number of carbonyl (C=O) groups excluding carboxylic acids is 1. The average molecular weight is 116 g/mol. The van der Waals surface area contributed by atoms with Crippen LogP contribution in [0.5, 0.6) is 0 Å². The number of rotatable bonds is 3. The molecule has 0 saturated heterocycles. The Morgan fingerprint density at radius 3 is 2.00 bits per heavy atom. The lowest BCUT2D eigenvalue weighted by atomic mass is 10.7. The first-order valence-electron chi connectivity index (χ1n) is 2.61. The van der Waals surface area contributed by atoms with Gasteiger partial charge in [0.15, 0.2) is 0 Å². The Kier molecular flexibility index (Phi) is 3.19. The van der Waals surface area contributed by atoms with E-state index in [-0.39, 0.29) is 0 Å². The van der Waals surface area contributed by atoms with E-state index in [1.807, 2.05) is 21.0 Å². The molecular formula is C5H12N2O. The summed E-state index contributed by atoms with van der Waals surface area (Å²) in [6.07, 6.45) is 0.806. The van der Waals surface area contributed by atoms with Crippen LogP contribution in [0.1, 0.15) is 6.92 Å². The first-order chi connectivity index (χ1) is 3.72. The molecule has 0 aromatic rings. The Labute approximate surface area is 49.9 Å². The molecule has 0 fully saturated rings. The standard InChI is InChI=1S/C5H12N2O/c1-4-7(5-8)6(2)3/h5H,4H2,1-3H3. The molecule has 1 amide bonds. The predicted octanol–water partition coefficient (Wildman–Crippen LogP) is -0.0587. The SMILES string of the molecule is CCN(C=O)N(C)C. The third kappa shape index (κ3) is 1.93. The van der Waals surface area contributed by atoms with Crippen molar-refractivity contribution in [2.75, 3.05) is 20.6 Å². The van der Waals surface area contributed by atoms with Crippen molar-refractivity contribution in [3.8, 4) is 0 Å². The van der Waals surface area contributed by atoms with Gasteiger partial charge in [-0.3, -0.25) is 9.80 Å². The van der Waals surface area contributed by atoms with Crippen molar-refractivity contribution in [1.82, 2.24) is 10.0 Å². The lowest BCUT2D eigenvalue weighted by Gasteiger charge is -2.21. The fraction of sp³-hybridized carbons (Fsp3) is 0.800. The van der Waals surface area contributed by atoms with E-state index in [1.54, 1.807) is 10.0 Å². The number of hydrazine groups is 1. The molecule has 0 rings (SSSR count). The van der Waals surface area contributed by atoms with Crippen LogP contribution in [0.2, 0.25) is 0 Å². The second kappa shape index (κ2) is 3.43. The Morgan fingerprint density at radius 2 is 2.00 bits per heavy atom. The summed E-state index contributed by atoms with van der Waals surface area (Å²) in [5.41, 5.74) is 0. The molecule has 3 heteroatoms. The summed E-state index contributed by atoms with van der Waals surface area (Å²) in [4.78, 5) is 10.1. The van der Waals surface area contributed by atoms with E-state index >= 15 is 0 Å². The van der Waals surface area contributed by atoms with Crippen molar-refractivity contribution >= 4 is 6.41 Å². The fourth-order valence-electron chi connectivity index (χ4n) is 0.452. The van der Waals surface area contributed by atoms with Crippen molar-refractivity contribution in [2.24, 2.45) is 0 Å². The fourth-order valence-corrected chi connectivity index (χ4v) is 0.452. The minimum Gasteiger partial charge on any atom is -0.279 e. The molecule has 0 heterocycles. The highest BCUT2D eigenvalue weighted by Gasteiger charge is 1.96. The van der Waals surface area contributed by atoms with Gasteiger partial charge in [-0.25, -0.2) is 5.01 Å². The Morgan fingerprint density at radius 1 is 1.50 bits per heavy atom. The molecule has 48 valence electrons. The summed E-state index contributed by atoms with van der Waals surface area (Å²) in [7, 11) is 3.66. The van der Waals surface area contributed by atoms with Gasteiger partial charge in [-0.2, -0.15) is 0 Å². The maximum Gasteiger partial charge on any atom is 0.224 e. The molecule has 0 saturated carbocycles. The molecule has 0 N–H and O–H groups in total. The summed E-state index contributed by atoms with van der Waals surface area (Å²) in [5.74, 6) is 0. The third-order valence-corrected chi connectivity index (χ3v) is 0.959. The highest BCUT2D eigenvalue weighted by atomic mass is 16.1. The average Bonchev–Trinajstić information content (AvgIpc) is 1.69. The molecule has 0 aromatic carbocycles. The van der Waals surface area contributed by atoms with E-state index in [0.717, 1.165) is 13.0 Å². The predicted molar refractivity (Wildman–Crippen MR) is 32.1 cm³/mol. The summed E-state index contributed by atoms with van der Waals surface area (Å²) in [5, 5.41) is 3.31. The van der Waals surface area contributed by atoms with Gasteiger partial charge in [0.1, 0.15) is 0 Å². The monoisotopic (exact) mass is 116 g/mol. The van der Waals surface area contributed by atoms with E-state index in [0.29, 0.717) is 0 Å². The van der Waals surface area contributed by atoms with Crippen molar-refractivity contribution < 1.29 is 4.79 Å². The maximum absolute atomic E-state index is 10.1. The van der Waals surface area contributed by atoms with Crippen LogP contribution in [0.25, 0.3) is 0 Å². The van der Waals surface area contributed by atoms with Crippen LogP contribution < -0.4 is 0 Å². The van der Waals surface area contributed by atoms with Crippen LogP contribution in [0.15, 0.2) is 0 Å². The zero-order valence-corrected chi connectivity index (χ0v) is 5.59. The van der Waals surface area contributed by atoms with Gasteiger partial charge in [0, 0.05) is 20.6 Å². The summed E-state index contributed by atoms with van der Waals surface area (Å²) in [6.45, 7) is 2.66. The molecule has 3 nitrogen and oxygen atoms in total. The van der Waals surface area contributed by atoms with Gasteiger partial charge < -0.3 is 0 Å². The molecule has 0 aliphatic rings. The number of carbonyl (C=O) groups is 1. The molecule has 0 aliphatic heterocycles. The van der Waals surface area contributed by atoms with E-state index in [2.05, 4.69) is 0 Å². The highest BCUT2D eigenvalue weighted by Crippen LogP contribution is 1.82. The Bertz CT molecular complexity index is 72.8. The normalized spacial score (nSPS) is 9.50. The molecule has 0 atom stereocenters. The van der Waals surface area contributed by atoms with E-state index < -0.39 is 0 Å². The lowest BCUT2D eigenvalue weighted by molar-refractivity contribution is -0.129.